The van der Waals surface area contributed by atoms with E-state index in [0.717, 1.165) is 12.0 Å². The van der Waals surface area contributed by atoms with Crippen LogP contribution in [-0.4, -0.2) is 30.1 Å². The van der Waals surface area contributed by atoms with E-state index < -0.39 is 0 Å². The van der Waals surface area contributed by atoms with Crippen LogP contribution >= 0.6 is 0 Å². The molecule has 1 saturated carbocycles. The minimum atomic E-state index is 0.392. The van der Waals surface area contributed by atoms with Crippen molar-refractivity contribution in [3.05, 3.63) is 0 Å². The summed E-state index contributed by atoms with van der Waals surface area (Å²) in [5, 5.41) is 0. The van der Waals surface area contributed by atoms with Gasteiger partial charge < -0.3 is 10.6 Å². The Balaban J connectivity index is 1.84. The molecule has 1 aliphatic heterocycles. The molecule has 1 heterocycles. The summed E-state index contributed by atoms with van der Waals surface area (Å²) >= 11 is 0. The van der Waals surface area contributed by atoms with Gasteiger partial charge in [0.15, 0.2) is 0 Å². The first kappa shape index (κ1) is 9.47. The highest BCUT2D eigenvalue weighted by molar-refractivity contribution is 4.86. The summed E-state index contributed by atoms with van der Waals surface area (Å²) in [7, 11) is 0. The summed E-state index contributed by atoms with van der Waals surface area (Å²) in [6, 6.07) is 1.31. The van der Waals surface area contributed by atoms with Gasteiger partial charge in [0.1, 0.15) is 0 Å². The van der Waals surface area contributed by atoms with Crippen LogP contribution in [0, 0.1) is 5.92 Å². The molecule has 0 aromatic heterocycles. The lowest BCUT2D eigenvalue weighted by Crippen LogP contribution is -2.49. The van der Waals surface area contributed by atoms with Gasteiger partial charge in [0.2, 0.25) is 0 Å². The zero-order valence-corrected chi connectivity index (χ0v) is 8.71. The zero-order valence-electron chi connectivity index (χ0n) is 8.71. The molecular weight excluding hydrogens is 160 g/mol. The lowest BCUT2D eigenvalue weighted by atomic mass is 9.86. The van der Waals surface area contributed by atoms with E-state index in [2.05, 4.69) is 11.8 Å². The summed E-state index contributed by atoms with van der Waals surface area (Å²) < 4.78 is 0. The molecule has 2 nitrogen and oxygen atoms in total. The van der Waals surface area contributed by atoms with E-state index in [1.165, 1.54) is 45.2 Å². The second-order valence-corrected chi connectivity index (χ2v) is 4.84. The largest absolute Gasteiger partial charge is 0.328 e. The molecule has 2 fully saturated rings. The maximum atomic E-state index is 5.96. The van der Waals surface area contributed by atoms with Gasteiger partial charge in [-0.2, -0.15) is 0 Å². The Morgan fingerprint density at radius 1 is 1.23 bits per heavy atom. The number of nitrogens with zero attached hydrogens (tertiary/aromatic N) is 1. The van der Waals surface area contributed by atoms with Gasteiger partial charge in [0, 0.05) is 18.6 Å². The molecule has 0 amide bonds. The third-order valence-electron chi connectivity index (χ3n) is 3.82. The second-order valence-electron chi connectivity index (χ2n) is 4.84. The fourth-order valence-corrected chi connectivity index (χ4v) is 2.55. The standard InChI is InChI=1S/C11H22N2/c1-9(12)10-4-3-7-13(8-10)11-5-2-6-11/h9-11H,2-8,12H2,1H3/t9-,10+/m0/s1. The quantitative estimate of drug-likeness (QED) is 0.703. The van der Waals surface area contributed by atoms with Crippen molar-refractivity contribution in [2.24, 2.45) is 11.7 Å². The first-order valence-electron chi connectivity index (χ1n) is 5.77. The van der Waals surface area contributed by atoms with Crippen LogP contribution in [0.25, 0.3) is 0 Å². The van der Waals surface area contributed by atoms with Gasteiger partial charge in [-0.25, -0.2) is 0 Å². The number of hydrogen-bond donors (Lipinski definition) is 1. The topological polar surface area (TPSA) is 29.3 Å². The summed E-state index contributed by atoms with van der Waals surface area (Å²) in [5.74, 6) is 0.759. The minimum absolute atomic E-state index is 0.392. The van der Waals surface area contributed by atoms with Gasteiger partial charge >= 0.3 is 0 Å². The monoisotopic (exact) mass is 182 g/mol. The van der Waals surface area contributed by atoms with Gasteiger partial charge in [0.25, 0.3) is 0 Å². The Labute approximate surface area is 81.5 Å². The van der Waals surface area contributed by atoms with Crippen LogP contribution in [0.4, 0.5) is 0 Å². The van der Waals surface area contributed by atoms with Crippen molar-refractivity contribution in [1.82, 2.24) is 4.90 Å². The fourth-order valence-electron chi connectivity index (χ4n) is 2.55. The van der Waals surface area contributed by atoms with Crippen LogP contribution < -0.4 is 5.73 Å². The first-order valence-corrected chi connectivity index (χ1v) is 5.77. The van der Waals surface area contributed by atoms with Crippen molar-refractivity contribution < 1.29 is 0 Å². The molecule has 2 atom stereocenters. The summed E-state index contributed by atoms with van der Waals surface area (Å²) in [5.41, 5.74) is 5.96. The van der Waals surface area contributed by atoms with Crippen LogP contribution in [0.5, 0.6) is 0 Å². The molecule has 0 unspecified atom stereocenters. The Bertz CT molecular complexity index is 163. The number of piperidine rings is 1. The molecule has 0 bridgehead atoms. The fraction of sp³-hybridized carbons (Fsp3) is 1.00. The van der Waals surface area contributed by atoms with E-state index >= 15 is 0 Å². The average Bonchev–Trinajstić information content (AvgIpc) is 2.01. The molecule has 0 spiro atoms. The molecule has 2 heteroatoms. The molecule has 2 aliphatic rings. The SMILES string of the molecule is C[C@H](N)[C@@H]1CCCN(C2CCC2)C1. The molecule has 0 aromatic carbocycles. The van der Waals surface area contributed by atoms with Crippen LogP contribution in [0.1, 0.15) is 39.0 Å². The predicted octanol–water partition coefficient (Wildman–Crippen LogP) is 1.60. The van der Waals surface area contributed by atoms with Crippen molar-refractivity contribution in [2.45, 2.75) is 51.1 Å². The molecule has 1 aliphatic carbocycles. The normalized spacial score (nSPS) is 34.2. The smallest absolute Gasteiger partial charge is 0.00954 e. The maximum absolute atomic E-state index is 5.96. The van der Waals surface area contributed by atoms with Gasteiger partial charge in [-0.15, -0.1) is 0 Å². The number of nitrogens with two attached hydrogens (primary N) is 1. The van der Waals surface area contributed by atoms with Crippen LogP contribution in [0.2, 0.25) is 0 Å². The molecule has 13 heavy (non-hydrogen) atoms. The summed E-state index contributed by atoms with van der Waals surface area (Å²) in [6.45, 7) is 4.76. The summed E-state index contributed by atoms with van der Waals surface area (Å²) in [4.78, 5) is 2.68. The first-order chi connectivity index (χ1) is 6.27. The van der Waals surface area contributed by atoms with Crippen molar-refractivity contribution in [3.63, 3.8) is 0 Å². The third-order valence-corrected chi connectivity index (χ3v) is 3.82. The average molecular weight is 182 g/mol. The van der Waals surface area contributed by atoms with Gasteiger partial charge in [-0.3, -0.25) is 0 Å². The van der Waals surface area contributed by atoms with E-state index in [-0.39, 0.29) is 0 Å². The Morgan fingerprint density at radius 2 is 2.00 bits per heavy atom. The van der Waals surface area contributed by atoms with Gasteiger partial charge in [-0.05, 0) is 45.1 Å². The van der Waals surface area contributed by atoms with E-state index in [1.807, 2.05) is 0 Å². The number of hydrogen-bond acceptors (Lipinski definition) is 2. The van der Waals surface area contributed by atoms with E-state index in [0.29, 0.717) is 6.04 Å². The minimum Gasteiger partial charge on any atom is -0.328 e. The third kappa shape index (κ3) is 2.05. The lowest BCUT2D eigenvalue weighted by molar-refractivity contribution is 0.0710. The second kappa shape index (κ2) is 3.97. The van der Waals surface area contributed by atoms with Crippen molar-refractivity contribution in [3.8, 4) is 0 Å². The molecule has 1 saturated heterocycles. The maximum Gasteiger partial charge on any atom is 0.00954 e. The van der Waals surface area contributed by atoms with Gasteiger partial charge in [-0.1, -0.05) is 6.42 Å². The number of likely N-dealkylation sites (tertiary alicyclic amines) is 1. The van der Waals surface area contributed by atoms with Crippen LogP contribution in [-0.2, 0) is 0 Å². The highest BCUT2D eigenvalue weighted by atomic mass is 15.2. The molecular formula is C11H22N2. The van der Waals surface area contributed by atoms with Gasteiger partial charge in [0.05, 0.1) is 0 Å². The molecule has 0 radical (unpaired) electrons. The van der Waals surface area contributed by atoms with E-state index in [9.17, 15) is 0 Å². The van der Waals surface area contributed by atoms with Crippen molar-refractivity contribution >= 4 is 0 Å². The number of rotatable bonds is 2. The van der Waals surface area contributed by atoms with E-state index in [1.54, 1.807) is 0 Å². The highest BCUT2D eigenvalue weighted by Gasteiger charge is 2.30. The van der Waals surface area contributed by atoms with E-state index in [4.69, 9.17) is 5.73 Å². The Morgan fingerprint density at radius 3 is 2.54 bits per heavy atom. The highest BCUT2D eigenvalue weighted by Crippen LogP contribution is 2.29. The van der Waals surface area contributed by atoms with Crippen molar-refractivity contribution in [2.75, 3.05) is 13.1 Å². The molecule has 0 aromatic rings. The lowest BCUT2D eigenvalue weighted by Gasteiger charge is -2.43. The van der Waals surface area contributed by atoms with Crippen LogP contribution in [0.15, 0.2) is 0 Å². The van der Waals surface area contributed by atoms with Crippen LogP contribution in [0.3, 0.4) is 0 Å². The molecule has 2 rings (SSSR count). The molecule has 2 N–H and O–H groups in total. The van der Waals surface area contributed by atoms with Crippen molar-refractivity contribution in [1.29, 1.82) is 0 Å². The Kier molecular flexibility index (Phi) is 2.89. The molecule has 76 valence electrons. The Hall–Kier alpha value is -0.0800. The predicted molar refractivity (Wildman–Crippen MR) is 55.6 cm³/mol. The summed E-state index contributed by atoms with van der Waals surface area (Å²) in [6.07, 6.45) is 7.03. The zero-order chi connectivity index (χ0) is 9.26.